The number of hydrogen-bond acceptors (Lipinski definition) is 1. The van der Waals surface area contributed by atoms with Gasteiger partial charge in [0.15, 0.2) is 0 Å². The summed E-state index contributed by atoms with van der Waals surface area (Å²) >= 11 is 0. The summed E-state index contributed by atoms with van der Waals surface area (Å²) in [6.45, 7) is 4.20. The zero-order valence-corrected chi connectivity index (χ0v) is 10.3. The molecule has 0 atom stereocenters. The molecule has 0 saturated carbocycles. The minimum Gasteiger partial charge on any atom is -0.326 e. The van der Waals surface area contributed by atoms with Crippen molar-refractivity contribution in [1.29, 1.82) is 0 Å². The molecule has 0 heterocycles. The van der Waals surface area contributed by atoms with Gasteiger partial charge in [-0.2, -0.15) is 0 Å². The van der Waals surface area contributed by atoms with E-state index in [-0.39, 0.29) is 5.91 Å². The first kappa shape index (κ1) is 12.8. The molecule has 0 saturated heterocycles. The topological polar surface area (TPSA) is 29.1 Å². The highest BCUT2D eigenvalue weighted by molar-refractivity contribution is 5.90. The number of amides is 1. The average molecular weight is 219 g/mol. The van der Waals surface area contributed by atoms with E-state index in [1.165, 1.54) is 18.4 Å². The molecule has 1 aromatic rings. The Kier molecular flexibility index (Phi) is 5.62. The number of anilines is 1. The zero-order valence-electron chi connectivity index (χ0n) is 10.3. The van der Waals surface area contributed by atoms with Crippen molar-refractivity contribution in [3.63, 3.8) is 0 Å². The van der Waals surface area contributed by atoms with Gasteiger partial charge in [0.25, 0.3) is 0 Å². The second-order valence-corrected chi connectivity index (χ2v) is 4.23. The molecule has 0 unspecified atom stereocenters. The molecule has 0 aliphatic rings. The number of aryl methyl sites for hydroxylation is 1. The molecule has 16 heavy (non-hydrogen) atoms. The first-order valence-electron chi connectivity index (χ1n) is 6.09. The van der Waals surface area contributed by atoms with Gasteiger partial charge < -0.3 is 5.32 Å². The van der Waals surface area contributed by atoms with Crippen LogP contribution in [0.4, 0.5) is 5.69 Å². The highest BCUT2D eigenvalue weighted by atomic mass is 16.1. The second-order valence-electron chi connectivity index (χ2n) is 4.23. The van der Waals surface area contributed by atoms with E-state index in [2.05, 4.69) is 12.2 Å². The van der Waals surface area contributed by atoms with E-state index in [1.54, 1.807) is 0 Å². The Morgan fingerprint density at radius 2 is 2.06 bits per heavy atom. The van der Waals surface area contributed by atoms with Crippen molar-refractivity contribution in [1.82, 2.24) is 0 Å². The lowest BCUT2D eigenvalue weighted by Gasteiger charge is -2.05. The summed E-state index contributed by atoms with van der Waals surface area (Å²) in [5.41, 5.74) is 2.07. The van der Waals surface area contributed by atoms with Crippen molar-refractivity contribution < 1.29 is 4.79 Å². The summed E-state index contributed by atoms with van der Waals surface area (Å²) in [7, 11) is 0. The monoisotopic (exact) mass is 219 g/mol. The average Bonchev–Trinajstić information content (AvgIpc) is 2.24. The number of unbranched alkanes of at least 4 members (excludes halogenated alkanes) is 3. The standard InChI is InChI=1S/C14H21NO/c1-3-4-5-6-10-14(16)15-13-9-7-8-12(2)11-13/h7-9,11H,3-6,10H2,1-2H3,(H,15,16). The van der Waals surface area contributed by atoms with Gasteiger partial charge in [-0.25, -0.2) is 0 Å². The molecule has 0 aromatic heterocycles. The van der Waals surface area contributed by atoms with E-state index in [4.69, 9.17) is 0 Å². The molecular weight excluding hydrogens is 198 g/mol. The fourth-order valence-corrected chi connectivity index (χ4v) is 1.66. The highest BCUT2D eigenvalue weighted by Crippen LogP contribution is 2.11. The Labute approximate surface area is 98.1 Å². The van der Waals surface area contributed by atoms with Crippen molar-refractivity contribution in [2.75, 3.05) is 5.32 Å². The first-order valence-corrected chi connectivity index (χ1v) is 6.09. The van der Waals surface area contributed by atoms with Crippen LogP contribution in [-0.4, -0.2) is 5.91 Å². The van der Waals surface area contributed by atoms with Gasteiger partial charge in [0.1, 0.15) is 0 Å². The van der Waals surface area contributed by atoms with Gasteiger partial charge in [0.05, 0.1) is 0 Å². The molecule has 2 heteroatoms. The molecule has 0 aliphatic heterocycles. The van der Waals surface area contributed by atoms with E-state index in [0.717, 1.165) is 18.5 Å². The molecule has 0 radical (unpaired) electrons. The molecule has 0 fully saturated rings. The number of carbonyl (C=O) groups excluding carboxylic acids is 1. The van der Waals surface area contributed by atoms with Crippen LogP contribution in [0.1, 0.15) is 44.6 Å². The maximum atomic E-state index is 11.6. The predicted molar refractivity (Wildman–Crippen MR) is 68.6 cm³/mol. The molecule has 88 valence electrons. The Morgan fingerprint density at radius 1 is 1.25 bits per heavy atom. The van der Waals surface area contributed by atoms with Crippen molar-refractivity contribution in [2.24, 2.45) is 0 Å². The van der Waals surface area contributed by atoms with Crippen molar-refractivity contribution >= 4 is 11.6 Å². The highest BCUT2D eigenvalue weighted by Gasteiger charge is 2.01. The third-order valence-electron chi connectivity index (χ3n) is 2.56. The lowest BCUT2D eigenvalue weighted by molar-refractivity contribution is -0.116. The number of carbonyl (C=O) groups is 1. The van der Waals surface area contributed by atoms with Gasteiger partial charge in [-0.1, -0.05) is 38.3 Å². The second kappa shape index (κ2) is 7.04. The minimum atomic E-state index is 0.127. The molecule has 1 amide bonds. The third kappa shape index (κ3) is 4.96. The van der Waals surface area contributed by atoms with Crippen LogP contribution >= 0.6 is 0 Å². The van der Waals surface area contributed by atoms with E-state index in [9.17, 15) is 4.79 Å². The number of nitrogens with one attached hydrogen (secondary N) is 1. The predicted octanol–water partition coefficient (Wildman–Crippen LogP) is 3.90. The van der Waals surface area contributed by atoms with E-state index < -0.39 is 0 Å². The Hall–Kier alpha value is -1.31. The van der Waals surface area contributed by atoms with E-state index in [0.29, 0.717) is 6.42 Å². The Morgan fingerprint density at radius 3 is 2.75 bits per heavy atom. The maximum Gasteiger partial charge on any atom is 0.224 e. The SMILES string of the molecule is CCCCCCC(=O)Nc1cccc(C)c1. The minimum absolute atomic E-state index is 0.127. The normalized spacial score (nSPS) is 10.1. The van der Waals surface area contributed by atoms with Crippen LogP contribution in [0.15, 0.2) is 24.3 Å². The van der Waals surface area contributed by atoms with Crippen LogP contribution in [0.2, 0.25) is 0 Å². The number of rotatable bonds is 6. The van der Waals surface area contributed by atoms with Crippen LogP contribution in [-0.2, 0) is 4.79 Å². The van der Waals surface area contributed by atoms with Crippen LogP contribution < -0.4 is 5.32 Å². The quantitative estimate of drug-likeness (QED) is 0.722. The van der Waals surface area contributed by atoms with Crippen LogP contribution in [0.3, 0.4) is 0 Å². The molecule has 0 spiro atoms. The summed E-state index contributed by atoms with van der Waals surface area (Å²) < 4.78 is 0. The van der Waals surface area contributed by atoms with Gasteiger partial charge >= 0.3 is 0 Å². The lowest BCUT2D eigenvalue weighted by atomic mass is 10.1. The number of benzene rings is 1. The fraction of sp³-hybridized carbons (Fsp3) is 0.500. The van der Waals surface area contributed by atoms with Crippen LogP contribution in [0, 0.1) is 6.92 Å². The molecule has 0 bridgehead atoms. The molecule has 1 aromatic carbocycles. The van der Waals surface area contributed by atoms with E-state index >= 15 is 0 Å². The lowest BCUT2D eigenvalue weighted by Crippen LogP contribution is -2.10. The summed E-state index contributed by atoms with van der Waals surface area (Å²) in [4.78, 5) is 11.6. The van der Waals surface area contributed by atoms with Crippen LogP contribution in [0.25, 0.3) is 0 Å². The Bertz CT molecular complexity index is 333. The summed E-state index contributed by atoms with van der Waals surface area (Å²) in [5.74, 6) is 0.127. The van der Waals surface area contributed by atoms with Crippen LogP contribution in [0.5, 0.6) is 0 Å². The van der Waals surface area contributed by atoms with Gasteiger partial charge in [0.2, 0.25) is 5.91 Å². The molecular formula is C14H21NO. The summed E-state index contributed by atoms with van der Waals surface area (Å²) in [6.07, 6.45) is 5.20. The largest absolute Gasteiger partial charge is 0.326 e. The summed E-state index contributed by atoms with van der Waals surface area (Å²) in [6, 6.07) is 7.90. The van der Waals surface area contributed by atoms with Gasteiger partial charge in [-0.3, -0.25) is 4.79 Å². The van der Waals surface area contributed by atoms with Gasteiger partial charge in [0, 0.05) is 12.1 Å². The van der Waals surface area contributed by atoms with Crippen molar-refractivity contribution in [3.05, 3.63) is 29.8 Å². The Balaban J connectivity index is 2.29. The molecule has 1 rings (SSSR count). The molecule has 0 aliphatic carbocycles. The molecule has 1 N–H and O–H groups in total. The van der Waals surface area contributed by atoms with Gasteiger partial charge in [-0.15, -0.1) is 0 Å². The van der Waals surface area contributed by atoms with Crippen molar-refractivity contribution in [3.8, 4) is 0 Å². The maximum absolute atomic E-state index is 11.6. The smallest absolute Gasteiger partial charge is 0.224 e. The zero-order chi connectivity index (χ0) is 11.8. The number of hydrogen-bond donors (Lipinski definition) is 1. The third-order valence-corrected chi connectivity index (χ3v) is 2.56. The van der Waals surface area contributed by atoms with Crippen molar-refractivity contribution in [2.45, 2.75) is 46.0 Å². The molecule has 2 nitrogen and oxygen atoms in total. The van der Waals surface area contributed by atoms with E-state index in [1.807, 2.05) is 31.2 Å². The first-order chi connectivity index (χ1) is 7.72. The van der Waals surface area contributed by atoms with Gasteiger partial charge in [-0.05, 0) is 31.0 Å². The fourth-order valence-electron chi connectivity index (χ4n) is 1.66. The summed E-state index contributed by atoms with van der Waals surface area (Å²) in [5, 5.41) is 2.92.